The van der Waals surface area contributed by atoms with Gasteiger partial charge in [0.25, 0.3) is 0 Å². The fourth-order valence-electron chi connectivity index (χ4n) is 2.36. The molecule has 0 saturated carbocycles. The van der Waals surface area contributed by atoms with Crippen molar-refractivity contribution in [1.82, 2.24) is 9.97 Å². The number of nitrogens with zero attached hydrogens (tertiary/aromatic N) is 2. The number of rotatable bonds is 8. The maximum Gasteiger partial charge on any atom is 0.162 e. The van der Waals surface area contributed by atoms with Gasteiger partial charge in [0.2, 0.25) is 0 Å². The molecular formula is C16H28IN3O. The Morgan fingerprint density at radius 1 is 1.19 bits per heavy atom. The van der Waals surface area contributed by atoms with Gasteiger partial charge in [0.1, 0.15) is 11.4 Å². The Morgan fingerprint density at radius 2 is 1.81 bits per heavy atom. The quantitative estimate of drug-likeness (QED) is 0.638. The Morgan fingerprint density at radius 3 is 2.24 bits per heavy atom. The van der Waals surface area contributed by atoms with Crippen molar-refractivity contribution in [2.75, 3.05) is 19.0 Å². The average Bonchev–Trinajstić information content (AvgIpc) is 2.49. The van der Waals surface area contributed by atoms with Crippen molar-refractivity contribution in [2.45, 2.75) is 65.4 Å². The number of hydrogen-bond acceptors (Lipinski definition) is 4. The lowest BCUT2D eigenvalue weighted by Crippen LogP contribution is -2.31. The minimum atomic E-state index is -0.392. The molecule has 1 aromatic heterocycles. The number of ether oxygens (including phenoxy) is 1. The van der Waals surface area contributed by atoms with Crippen LogP contribution in [0.15, 0.2) is 0 Å². The molecule has 0 saturated heterocycles. The lowest BCUT2D eigenvalue weighted by Gasteiger charge is -2.30. The molecule has 0 amide bonds. The van der Waals surface area contributed by atoms with E-state index in [9.17, 15) is 0 Å². The van der Waals surface area contributed by atoms with Crippen LogP contribution in [0.25, 0.3) is 0 Å². The summed E-state index contributed by atoms with van der Waals surface area (Å²) >= 11 is 2.35. The Balaban J connectivity index is 3.41. The Bertz CT molecular complexity index is 451. The maximum absolute atomic E-state index is 5.80. The third-order valence-electron chi connectivity index (χ3n) is 3.91. The highest BCUT2D eigenvalue weighted by atomic mass is 127. The van der Waals surface area contributed by atoms with E-state index in [0.29, 0.717) is 5.92 Å². The summed E-state index contributed by atoms with van der Waals surface area (Å²) in [5.41, 5.74) is 0.707. The monoisotopic (exact) mass is 405 g/mol. The molecule has 1 aromatic rings. The molecule has 0 unspecified atom stereocenters. The Hall–Kier alpha value is -0.430. The SMILES string of the molecule is CCCNc1nc(C(CC)(CC)OC)nc(C(C)C)c1I. The maximum atomic E-state index is 5.80. The molecule has 0 aliphatic rings. The second-order valence-electron chi connectivity index (χ2n) is 5.58. The predicted octanol–water partition coefficient (Wildman–Crippen LogP) is 4.69. The molecule has 0 atom stereocenters. The van der Waals surface area contributed by atoms with Gasteiger partial charge in [0.05, 0.1) is 9.26 Å². The van der Waals surface area contributed by atoms with Crippen LogP contribution in [-0.2, 0) is 10.3 Å². The van der Waals surface area contributed by atoms with E-state index in [1.54, 1.807) is 7.11 Å². The van der Waals surface area contributed by atoms with Gasteiger partial charge in [-0.1, -0.05) is 34.6 Å². The zero-order valence-electron chi connectivity index (χ0n) is 14.1. The lowest BCUT2D eigenvalue weighted by molar-refractivity contribution is -0.0292. The van der Waals surface area contributed by atoms with Crippen LogP contribution >= 0.6 is 22.6 Å². The summed E-state index contributed by atoms with van der Waals surface area (Å²) in [7, 11) is 1.75. The Kier molecular flexibility index (Phi) is 7.33. The third-order valence-corrected chi connectivity index (χ3v) is 4.97. The summed E-state index contributed by atoms with van der Waals surface area (Å²) in [5.74, 6) is 2.11. The molecular weight excluding hydrogens is 377 g/mol. The number of aromatic nitrogens is 2. The van der Waals surface area contributed by atoms with Crippen molar-refractivity contribution >= 4 is 28.4 Å². The molecule has 120 valence electrons. The van der Waals surface area contributed by atoms with Crippen molar-refractivity contribution in [3.05, 3.63) is 15.1 Å². The van der Waals surface area contributed by atoms with E-state index in [-0.39, 0.29) is 0 Å². The second-order valence-corrected chi connectivity index (χ2v) is 6.66. The summed E-state index contributed by atoms with van der Waals surface area (Å²) in [6.07, 6.45) is 2.81. The first kappa shape index (κ1) is 18.6. The normalized spacial score (nSPS) is 12.0. The van der Waals surface area contributed by atoms with Crippen LogP contribution in [-0.4, -0.2) is 23.6 Å². The van der Waals surface area contributed by atoms with Crippen LogP contribution in [0, 0.1) is 3.57 Å². The molecule has 0 bridgehead atoms. The molecule has 0 radical (unpaired) electrons. The summed E-state index contributed by atoms with van der Waals surface area (Å²) in [6.45, 7) is 11.7. The van der Waals surface area contributed by atoms with Gasteiger partial charge >= 0.3 is 0 Å². The third kappa shape index (κ3) is 4.06. The lowest BCUT2D eigenvalue weighted by atomic mass is 9.95. The summed E-state index contributed by atoms with van der Waals surface area (Å²) < 4.78 is 6.92. The van der Waals surface area contributed by atoms with Crippen molar-refractivity contribution < 1.29 is 4.74 Å². The minimum Gasteiger partial charge on any atom is -0.370 e. The predicted molar refractivity (Wildman–Crippen MR) is 96.9 cm³/mol. The van der Waals surface area contributed by atoms with Gasteiger partial charge in [-0.3, -0.25) is 0 Å². The highest BCUT2D eigenvalue weighted by Gasteiger charge is 2.33. The number of halogens is 1. The zero-order chi connectivity index (χ0) is 16.0. The first-order valence-electron chi connectivity index (χ1n) is 7.82. The van der Waals surface area contributed by atoms with E-state index in [2.05, 4.69) is 62.5 Å². The standard InChI is InChI=1S/C16H28IN3O/c1-7-10-18-14-12(17)13(11(4)5)19-15(20-14)16(8-2,9-3)21-6/h11H,7-10H2,1-6H3,(H,18,19,20). The number of hydrogen-bond donors (Lipinski definition) is 1. The van der Waals surface area contributed by atoms with Crippen LogP contribution in [0.2, 0.25) is 0 Å². The summed E-state index contributed by atoms with van der Waals surface area (Å²) in [6, 6.07) is 0. The van der Waals surface area contributed by atoms with Crippen molar-refractivity contribution in [3.63, 3.8) is 0 Å². The first-order valence-corrected chi connectivity index (χ1v) is 8.90. The van der Waals surface area contributed by atoms with Crippen LogP contribution in [0.4, 0.5) is 5.82 Å². The van der Waals surface area contributed by atoms with Gasteiger partial charge in [-0.25, -0.2) is 9.97 Å². The largest absolute Gasteiger partial charge is 0.370 e. The van der Waals surface area contributed by atoms with Gasteiger partial charge < -0.3 is 10.1 Å². The molecule has 0 fully saturated rings. The summed E-state index contributed by atoms with van der Waals surface area (Å²) in [4.78, 5) is 9.63. The van der Waals surface area contributed by atoms with Crippen LogP contribution in [0.5, 0.6) is 0 Å². The number of nitrogens with one attached hydrogen (secondary N) is 1. The molecule has 0 aliphatic carbocycles. The fraction of sp³-hybridized carbons (Fsp3) is 0.750. The molecule has 1 N–H and O–H groups in total. The van der Waals surface area contributed by atoms with Gasteiger partial charge in [-0.2, -0.15) is 0 Å². The van der Waals surface area contributed by atoms with E-state index in [0.717, 1.165) is 46.7 Å². The van der Waals surface area contributed by atoms with Gasteiger partial charge in [-0.05, 0) is 47.8 Å². The van der Waals surface area contributed by atoms with E-state index in [1.807, 2.05) is 0 Å². The van der Waals surface area contributed by atoms with Gasteiger partial charge in [-0.15, -0.1) is 0 Å². The zero-order valence-corrected chi connectivity index (χ0v) is 16.2. The topological polar surface area (TPSA) is 47.0 Å². The molecule has 4 nitrogen and oxygen atoms in total. The van der Waals surface area contributed by atoms with Crippen LogP contribution < -0.4 is 5.32 Å². The second kappa shape index (κ2) is 8.27. The molecule has 0 spiro atoms. The highest BCUT2D eigenvalue weighted by molar-refractivity contribution is 14.1. The van der Waals surface area contributed by atoms with Crippen molar-refractivity contribution in [3.8, 4) is 0 Å². The van der Waals surface area contributed by atoms with Crippen LogP contribution in [0.1, 0.15) is 71.3 Å². The smallest absolute Gasteiger partial charge is 0.162 e. The summed E-state index contributed by atoms with van der Waals surface area (Å²) in [5, 5.41) is 3.43. The van der Waals surface area contributed by atoms with E-state index >= 15 is 0 Å². The van der Waals surface area contributed by atoms with E-state index in [1.165, 1.54) is 0 Å². The van der Waals surface area contributed by atoms with Crippen LogP contribution in [0.3, 0.4) is 0 Å². The molecule has 1 heterocycles. The molecule has 21 heavy (non-hydrogen) atoms. The number of methoxy groups -OCH3 is 1. The molecule has 0 aliphatic heterocycles. The van der Waals surface area contributed by atoms with Crippen molar-refractivity contribution in [1.29, 1.82) is 0 Å². The fourth-order valence-corrected chi connectivity index (χ4v) is 3.41. The van der Waals surface area contributed by atoms with E-state index in [4.69, 9.17) is 14.7 Å². The van der Waals surface area contributed by atoms with Crippen molar-refractivity contribution in [2.24, 2.45) is 0 Å². The Labute approximate surface area is 142 Å². The molecule has 1 rings (SSSR count). The first-order chi connectivity index (χ1) is 9.95. The van der Waals surface area contributed by atoms with Gasteiger partial charge in [0.15, 0.2) is 5.82 Å². The van der Waals surface area contributed by atoms with E-state index < -0.39 is 5.60 Å². The molecule has 5 heteroatoms. The average molecular weight is 405 g/mol. The number of anilines is 1. The highest BCUT2D eigenvalue weighted by Crippen LogP contribution is 2.34. The van der Waals surface area contributed by atoms with Gasteiger partial charge in [0, 0.05) is 13.7 Å². The minimum absolute atomic E-state index is 0.365. The molecule has 0 aromatic carbocycles.